The van der Waals surface area contributed by atoms with Crippen molar-refractivity contribution in [2.75, 3.05) is 6.54 Å². The van der Waals surface area contributed by atoms with E-state index in [1.165, 1.54) is 0 Å². The molecule has 3 heterocycles. The summed E-state index contributed by atoms with van der Waals surface area (Å²) in [6.45, 7) is 5.11. The minimum absolute atomic E-state index is 0.107. The van der Waals surface area contributed by atoms with E-state index in [2.05, 4.69) is 37.8 Å². The van der Waals surface area contributed by atoms with Gasteiger partial charge in [0.2, 0.25) is 0 Å². The molecule has 0 bridgehead atoms. The van der Waals surface area contributed by atoms with Crippen molar-refractivity contribution in [3.63, 3.8) is 0 Å². The fourth-order valence-corrected chi connectivity index (χ4v) is 2.96. The topological polar surface area (TPSA) is 55.1 Å². The Labute approximate surface area is 128 Å². The van der Waals surface area contributed by atoms with Crippen LogP contribution in [0.5, 0.6) is 0 Å². The van der Waals surface area contributed by atoms with Gasteiger partial charge in [0, 0.05) is 36.6 Å². The first-order valence-corrected chi connectivity index (χ1v) is 8.07. The summed E-state index contributed by atoms with van der Waals surface area (Å²) in [5.74, 6) is 0.838. The van der Waals surface area contributed by atoms with E-state index in [9.17, 15) is 0 Å². The van der Waals surface area contributed by atoms with Crippen LogP contribution in [0.25, 0.3) is 4.96 Å². The van der Waals surface area contributed by atoms with Crippen molar-refractivity contribution in [1.29, 1.82) is 0 Å². The van der Waals surface area contributed by atoms with Gasteiger partial charge in [0.25, 0.3) is 0 Å². The van der Waals surface area contributed by atoms with Gasteiger partial charge in [-0.1, -0.05) is 6.92 Å². The second-order valence-corrected chi connectivity index (χ2v) is 6.03. The van der Waals surface area contributed by atoms with Crippen molar-refractivity contribution < 1.29 is 0 Å². The first-order chi connectivity index (χ1) is 10.3. The SMILES string of the molecule is CCCNC(Cc1cn2ccsc2n1)c1ncc(C)cn1. The lowest BCUT2D eigenvalue weighted by Gasteiger charge is -2.16. The zero-order valence-electron chi connectivity index (χ0n) is 12.3. The molecule has 21 heavy (non-hydrogen) atoms. The van der Waals surface area contributed by atoms with Crippen LogP contribution in [-0.4, -0.2) is 25.9 Å². The standard InChI is InChI=1S/C15H19N5S/c1-3-4-16-13(14-17-8-11(2)9-18-14)7-12-10-20-5-6-21-15(20)19-12/h5-6,8-10,13,16H,3-4,7H2,1-2H3. The fourth-order valence-electron chi connectivity index (χ4n) is 2.24. The summed E-state index contributed by atoms with van der Waals surface area (Å²) in [4.78, 5) is 14.6. The van der Waals surface area contributed by atoms with Gasteiger partial charge in [0.05, 0.1) is 11.7 Å². The lowest BCUT2D eigenvalue weighted by atomic mass is 10.1. The first kappa shape index (κ1) is 14.2. The van der Waals surface area contributed by atoms with Gasteiger partial charge in [-0.3, -0.25) is 4.40 Å². The summed E-state index contributed by atoms with van der Waals surface area (Å²) in [6, 6.07) is 0.107. The van der Waals surface area contributed by atoms with Crippen molar-refractivity contribution in [2.45, 2.75) is 32.7 Å². The van der Waals surface area contributed by atoms with Gasteiger partial charge in [-0.15, -0.1) is 11.3 Å². The molecule has 1 atom stereocenters. The summed E-state index contributed by atoms with van der Waals surface area (Å²) in [5, 5.41) is 5.56. The molecule has 0 aliphatic rings. The van der Waals surface area contributed by atoms with Crippen molar-refractivity contribution in [1.82, 2.24) is 24.7 Å². The normalized spacial score (nSPS) is 12.9. The summed E-state index contributed by atoms with van der Waals surface area (Å²) < 4.78 is 2.06. The monoisotopic (exact) mass is 301 g/mol. The van der Waals surface area contributed by atoms with Crippen LogP contribution in [0.15, 0.2) is 30.2 Å². The van der Waals surface area contributed by atoms with Crippen LogP contribution in [0, 0.1) is 6.92 Å². The second kappa shape index (κ2) is 6.32. The molecule has 1 unspecified atom stereocenters. The quantitative estimate of drug-likeness (QED) is 0.760. The Morgan fingerprint density at radius 2 is 2.14 bits per heavy atom. The summed E-state index contributed by atoms with van der Waals surface area (Å²) >= 11 is 1.65. The third-order valence-electron chi connectivity index (χ3n) is 3.31. The lowest BCUT2D eigenvalue weighted by molar-refractivity contribution is 0.500. The molecule has 0 saturated carbocycles. The van der Waals surface area contributed by atoms with Gasteiger partial charge < -0.3 is 5.32 Å². The van der Waals surface area contributed by atoms with Gasteiger partial charge in [0.15, 0.2) is 4.96 Å². The molecule has 0 aromatic carbocycles. The summed E-state index contributed by atoms with van der Waals surface area (Å²) in [7, 11) is 0. The number of aromatic nitrogens is 4. The van der Waals surface area contributed by atoms with E-state index in [1.807, 2.05) is 30.9 Å². The third-order valence-corrected chi connectivity index (χ3v) is 4.08. The van der Waals surface area contributed by atoms with Crippen molar-refractivity contribution >= 4 is 16.3 Å². The van der Waals surface area contributed by atoms with Crippen LogP contribution < -0.4 is 5.32 Å². The van der Waals surface area contributed by atoms with E-state index in [1.54, 1.807) is 11.3 Å². The van der Waals surface area contributed by atoms with Gasteiger partial charge in [-0.2, -0.15) is 0 Å². The summed E-state index contributed by atoms with van der Waals surface area (Å²) in [5.41, 5.74) is 2.15. The summed E-state index contributed by atoms with van der Waals surface area (Å²) in [6.07, 6.45) is 9.75. The van der Waals surface area contributed by atoms with E-state index >= 15 is 0 Å². The molecule has 1 N–H and O–H groups in total. The minimum atomic E-state index is 0.107. The molecule has 3 rings (SSSR count). The zero-order chi connectivity index (χ0) is 14.7. The number of fused-ring (bicyclic) bond motifs is 1. The third kappa shape index (κ3) is 3.28. The molecule has 3 aromatic rings. The van der Waals surface area contributed by atoms with E-state index in [-0.39, 0.29) is 6.04 Å². The first-order valence-electron chi connectivity index (χ1n) is 7.19. The highest BCUT2D eigenvalue weighted by atomic mass is 32.1. The number of aryl methyl sites for hydroxylation is 1. The van der Waals surface area contributed by atoms with E-state index < -0.39 is 0 Å². The maximum atomic E-state index is 4.65. The van der Waals surface area contributed by atoms with Gasteiger partial charge in [0.1, 0.15) is 5.82 Å². The van der Waals surface area contributed by atoms with Crippen molar-refractivity contribution in [3.05, 3.63) is 47.2 Å². The molecule has 0 fully saturated rings. The highest BCUT2D eigenvalue weighted by Crippen LogP contribution is 2.17. The Morgan fingerprint density at radius 1 is 1.33 bits per heavy atom. The number of rotatable bonds is 6. The maximum Gasteiger partial charge on any atom is 0.193 e. The number of nitrogens with one attached hydrogen (secondary N) is 1. The molecule has 5 nitrogen and oxygen atoms in total. The van der Waals surface area contributed by atoms with Gasteiger partial charge in [-0.25, -0.2) is 15.0 Å². The average Bonchev–Trinajstić information content (AvgIpc) is 3.05. The molecule has 0 spiro atoms. The molecular formula is C15H19N5S. The molecule has 0 saturated heterocycles. The Bertz CT molecular complexity index is 672. The minimum Gasteiger partial charge on any atom is -0.307 e. The molecule has 0 radical (unpaired) electrons. The van der Waals surface area contributed by atoms with Crippen LogP contribution in [-0.2, 0) is 6.42 Å². The molecule has 110 valence electrons. The highest BCUT2D eigenvalue weighted by Gasteiger charge is 2.16. The Hall–Kier alpha value is -1.79. The van der Waals surface area contributed by atoms with Gasteiger partial charge in [-0.05, 0) is 25.5 Å². The van der Waals surface area contributed by atoms with E-state index in [4.69, 9.17) is 0 Å². The van der Waals surface area contributed by atoms with Crippen molar-refractivity contribution in [2.24, 2.45) is 0 Å². The van der Waals surface area contributed by atoms with E-state index in [0.29, 0.717) is 0 Å². The average molecular weight is 301 g/mol. The number of thiazole rings is 1. The van der Waals surface area contributed by atoms with Crippen molar-refractivity contribution in [3.8, 4) is 0 Å². The molecular weight excluding hydrogens is 282 g/mol. The fraction of sp³-hybridized carbons (Fsp3) is 0.400. The Kier molecular flexibility index (Phi) is 4.26. The molecule has 3 aromatic heterocycles. The van der Waals surface area contributed by atoms with Crippen LogP contribution in [0.3, 0.4) is 0 Å². The largest absolute Gasteiger partial charge is 0.307 e. The molecule has 0 aliphatic heterocycles. The smallest absolute Gasteiger partial charge is 0.193 e. The molecule has 0 aliphatic carbocycles. The lowest BCUT2D eigenvalue weighted by Crippen LogP contribution is -2.26. The molecule has 0 amide bonds. The maximum absolute atomic E-state index is 4.65. The van der Waals surface area contributed by atoms with E-state index in [0.717, 1.165) is 41.4 Å². The van der Waals surface area contributed by atoms with Crippen LogP contribution in [0.2, 0.25) is 0 Å². The number of hydrogen-bond acceptors (Lipinski definition) is 5. The predicted octanol–water partition coefficient (Wildman–Crippen LogP) is 2.78. The highest BCUT2D eigenvalue weighted by molar-refractivity contribution is 7.15. The zero-order valence-corrected chi connectivity index (χ0v) is 13.1. The second-order valence-electron chi connectivity index (χ2n) is 5.15. The van der Waals surface area contributed by atoms with Crippen LogP contribution in [0.4, 0.5) is 0 Å². The number of hydrogen-bond donors (Lipinski definition) is 1. The predicted molar refractivity (Wildman–Crippen MR) is 84.6 cm³/mol. The van der Waals surface area contributed by atoms with Crippen LogP contribution >= 0.6 is 11.3 Å². The molecule has 6 heteroatoms. The Morgan fingerprint density at radius 3 is 2.86 bits per heavy atom. The number of imidazole rings is 1. The van der Waals surface area contributed by atoms with Crippen LogP contribution in [0.1, 0.15) is 36.5 Å². The van der Waals surface area contributed by atoms with Gasteiger partial charge >= 0.3 is 0 Å². The number of nitrogens with zero attached hydrogens (tertiary/aromatic N) is 4. The Balaban J connectivity index is 1.81.